The van der Waals surface area contributed by atoms with Crippen LogP contribution in [0.25, 0.3) is 0 Å². The lowest BCUT2D eigenvalue weighted by atomic mass is 10.3. The predicted molar refractivity (Wildman–Crippen MR) is 81.7 cm³/mol. The summed E-state index contributed by atoms with van der Waals surface area (Å²) in [7, 11) is 1.57. The molecule has 0 amide bonds. The van der Waals surface area contributed by atoms with E-state index in [4.69, 9.17) is 10.5 Å². The molecule has 3 heterocycles. The second kappa shape index (κ2) is 5.82. The number of nitrogens with two attached hydrogens (primary N) is 1. The average molecular weight is 286 g/mol. The zero-order valence-electron chi connectivity index (χ0n) is 11.9. The number of rotatable bonds is 3. The summed E-state index contributed by atoms with van der Waals surface area (Å²) in [6.07, 6.45) is 1.82. The fourth-order valence-electron chi connectivity index (χ4n) is 2.40. The molecule has 1 fully saturated rings. The minimum Gasteiger partial charge on any atom is -0.481 e. The van der Waals surface area contributed by atoms with E-state index in [-0.39, 0.29) is 5.95 Å². The highest BCUT2D eigenvalue weighted by atomic mass is 16.5. The average Bonchev–Trinajstić information content (AvgIpc) is 2.55. The van der Waals surface area contributed by atoms with Crippen LogP contribution in [0.5, 0.6) is 5.88 Å². The third-order valence-corrected chi connectivity index (χ3v) is 3.49. The largest absolute Gasteiger partial charge is 0.481 e. The van der Waals surface area contributed by atoms with Gasteiger partial charge < -0.3 is 20.3 Å². The SMILES string of the molecule is COc1cc(N2CCN(c3ccccn3)CC2)nc(N)n1. The van der Waals surface area contributed by atoms with E-state index in [9.17, 15) is 0 Å². The van der Waals surface area contributed by atoms with Gasteiger partial charge in [0.15, 0.2) is 0 Å². The monoisotopic (exact) mass is 286 g/mol. The van der Waals surface area contributed by atoms with Gasteiger partial charge in [0.25, 0.3) is 0 Å². The zero-order chi connectivity index (χ0) is 14.7. The van der Waals surface area contributed by atoms with Gasteiger partial charge in [-0.3, -0.25) is 0 Å². The van der Waals surface area contributed by atoms with E-state index in [1.807, 2.05) is 30.5 Å². The molecule has 2 aromatic rings. The van der Waals surface area contributed by atoms with Gasteiger partial charge in [-0.15, -0.1) is 0 Å². The van der Waals surface area contributed by atoms with Crippen LogP contribution < -0.4 is 20.3 Å². The second-order valence-electron chi connectivity index (χ2n) is 4.79. The quantitative estimate of drug-likeness (QED) is 0.893. The number of nitrogens with zero attached hydrogens (tertiary/aromatic N) is 5. The molecule has 0 atom stereocenters. The van der Waals surface area contributed by atoms with Crippen LogP contribution in [0, 0.1) is 0 Å². The summed E-state index contributed by atoms with van der Waals surface area (Å²) in [5, 5.41) is 0. The first-order valence-electron chi connectivity index (χ1n) is 6.86. The molecule has 0 aromatic carbocycles. The predicted octanol–water partition coefficient (Wildman–Crippen LogP) is 0.789. The zero-order valence-corrected chi connectivity index (χ0v) is 11.9. The van der Waals surface area contributed by atoms with Gasteiger partial charge in [0.2, 0.25) is 11.8 Å². The lowest BCUT2D eigenvalue weighted by molar-refractivity contribution is 0.397. The Morgan fingerprint density at radius 1 is 1.05 bits per heavy atom. The van der Waals surface area contributed by atoms with Crippen molar-refractivity contribution in [3.63, 3.8) is 0 Å². The number of anilines is 3. The highest BCUT2D eigenvalue weighted by molar-refractivity contribution is 5.48. The fourth-order valence-corrected chi connectivity index (χ4v) is 2.40. The molecule has 1 saturated heterocycles. The third kappa shape index (κ3) is 2.96. The summed E-state index contributed by atoms with van der Waals surface area (Å²) in [4.78, 5) is 17.1. The minimum absolute atomic E-state index is 0.233. The first kappa shape index (κ1) is 13.4. The lowest BCUT2D eigenvalue weighted by Crippen LogP contribution is -2.47. The highest BCUT2D eigenvalue weighted by Gasteiger charge is 2.19. The Balaban J connectivity index is 1.70. The summed E-state index contributed by atoms with van der Waals surface area (Å²) in [6, 6.07) is 7.77. The van der Waals surface area contributed by atoms with Gasteiger partial charge in [0, 0.05) is 38.4 Å². The van der Waals surface area contributed by atoms with Crippen molar-refractivity contribution in [2.75, 3.05) is 48.8 Å². The van der Waals surface area contributed by atoms with Crippen LogP contribution in [0.2, 0.25) is 0 Å². The lowest BCUT2D eigenvalue weighted by Gasteiger charge is -2.36. The maximum atomic E-state index is 5.71. The van der Waals surface area contributed by atoms with Crippen LogP contribution in [0.4, 0.5) is 17.6 Å². The first-order chi connectivity index (χ1) is 10.3. The standard InChI is InChI=1S/C14H18N6O/c1-21-13-10-12(17-14(15)18-13)20-8-6-19(7-9-20)11-4-2-3-5-16-11/h2-5,10H,6-9H2,1H3,(H2,15,17,18). The molecule has 0 bridgehead atoms. The van der Waals surface area contributed by atoms with E-state index in [0.717, 1.165) is 37.8 Å². The minimum atomic E-state index is 0.233. The van der Waals surface area contributed by atoms with E-state index >= 15 is 0 Å². The maximum Gasteiger partial charge on any atom is 0.225 e. The van der Waals surface area contributed by atoms with Gasteiger partial charge in [-0.2, -0.15) is 9.97 Å². The molecule has 3 rings (SSSR count). The molecule has 21 heavy (non-hydrogen) atoms. The molecular weight excluding hydrogens is 268 g/mol. The smallest absolute Gasteiger partial charge is 0.225 e. The van der Waals surface area contributed by atoms with E-state index in [1.54, 1.807) is 7.11 Å². The van der Waals surface area contributed by atoms with Crippen LogP contribution in [0.3, 0.4) is 0 Å². The normalized spacial score (nSPS) is 15.1. The molecule has 1 aliphatic heterocycles. The Morgan fingerprint density at radius 2 is 1.76 bits per heavy atom. The van der Waals surface area contributed by atoms with Gasteiger partial charge >= 0.3 is 0 Å². The Bertz CT molecular complexity index is 598. The van der Waals surface area contributed by atoms with Crippen molar-refractivity contribution in [3.05, 3.63) is 30.5 Å². The topological polar surface area (TPSA) is 80.4 Å². The van der Waals surface area contributed by atoms with Crippen molar-refractivity contribution in [2.45, 2.75) is 0 Å². The van der Waals surface area contributed by atoms with Crippen LogP contribution >= 0.6 is 0 Å². The Hall–Kier alpha value is -2.57. The first-order valence-corrected chi connectivity index (χ1v) is 6.86. The Morgan fingerprint density at radius 3 is 2.38 bits per heavy atom. The highest BCUT2D eigenvalue weighted by Crippen LogP contribution is 2.21. The summed E-state index contributed by atoms with van der Waals surface area (Å²) in [5.41, 5.74) is 5.71. The molecule has 2 aromatic heterocycles. The molecule has 0 saturated carbocycles. The van der Waals surface area contributed by atoms with Crippen LogP contribution in [-0.4, -0.2) is 48.2 Å². The van der Waals surface area contributed by atoms with Crippen molar-refractivity contribution in [3.8, 4) is 5.88 Å². The number of aromatic nitrogens is 3. The number of nitrogen functional groups attached to an aromatic ring is 1. The molecule has 0 aliphatic carbocycles. The summed E-state index contributed by atoms with van der Waals surface area (Å²) < 4.78 is 5.14. The number of ether oxygens (including phenoxy) is 1. The molecule has 0 spiro atoms. The van der Waals surface area contributed by atoms with E-state index < -0.39 is 0 Å². The van der Waals surface area contributed by atoms with Crippen LogP contribution in [0.1, 0.15) is 0 Å². The Labute approximate surface area is 123 Å². The van der Waals surface area contributed by atoms with Gasteiger partial charge in [0.1, 0.15) is 11.6 Å². The van der Waals surface area contributed by atoms with Gasteiger partial charge in [-0.1, -0.05) is 6.07 Å². The summed E-state index contributed by atoms with van der Waals surface area (Å²) in [5.74, 6) is 2.54. The second-order valence-corrected chi connectivity index (χ2v) is 4.79. The summed E-state index contributed by atoms with van der Waals surface area (Å²) in [6.45, 7) is 3.50. The van der Waals surface area contributed by atoms with E-state index in [2.05, 4.69) is 24.8 Å². The molecule has 0 radical (unpaired) electrons. The van der Waals surface area contributed by atoms with Gasteiger partial charge in [0.05, 0.1) is 7.11 Å². The van der Waals surface area contributed by atoms with E-state index in [0.29, 0.717) is 5.88 Å². The number of hydrogen-bond donors (Lipinski definition) is 1. The maximum absolute atomic E-state index is 5.71. The molecule has 7 heteroatoms. The van der Waals surface area contributed by atoms with Crippen molar-refractivity contribution in [2.24, 2.45) is 0 Å². The van der Waals surface area contributed by atoms with Crippen LogP contribution in [-0.2, 0) is 0 Å². The molecule has 1 aliphatic rings. The molecule has 2 N–H and O–H groups in total. The fraction of sp³-hybridized carbons (Fsp3) is 0.357. The van der Waals surface area contributed by atoms with Crippen LogP contribution in [0.15, 0.2) is 30.5 Å². The number of pyridine rings is 1. The number of methoxy groups -OCH3 is 1. The summed E-state index contributed by atoms with van der Waals surface area (Å²) >= 11 is 0. The van der Waals surface area contributed by atoms with Gasteiger partial charge in [-0.05, 0) is 12.1 Å². The van der Waals surface area contributed by atoms with Gasteiger partial charge in [-0.25, -0.2) is 4.98 Å². The van der Waals surface area contributed by atoms with Crippen molar-refractivity contribution >= 4 is 17.6 Å². The Kier molecular flexibility index (Phi) is 3.72. The van der Waals surface area contributed by atoms with E-state index in [1.165, 1.54) is 0 Å². The number of piperazine rings is 1. The third-order valence-electron chi connectivity index (χ3n) is 3.49. The molecule has 110 valence electrons. The molecule has 0 unspecified atom stereocenters. The molecular formula is C14H18N6O. The molecule has 7 nitrogen and oxygen atoms in total. The number of hydrogen-bond acceptors (Lipinski definition) is 7. The van der Waals surface area contributed by atoms with Crippen molar-refractivity contribution in [1.29, 1.82) is 0 Å². The van der Waals surface area contributed by atoms with Crippen molar-refractivity contribution in [1.82, 2.24) is 15.0 Å². The van der Waals surface area contributed by atoms with Crippen molar-refractivity contribution < 1.29 is 4.74 Å².